The lowest BCUT2D eigenvalue weighted by Gasteiger charge is -2.22. The van der Waals surface area contributed by atoms with E-state index in [4.69, 9.17) is 4.74 Å². The fourth-order valence-corrected chi connectivity index (χ4v) is 1.71. The number of methoxy groups -OCH3 is 1. The summed E-state index contributed by atoms with van der Waals surface area (Å²) < 4.78 is 5.16. The van der Waals surface area contributed by atoms with Crippen molar-refractivity contribution in [2.45, 2.75) is 45.8 Å². The van der Waals surface area contributed by atoms with Crippen LogP contribution in [0.15, 0.2) is 24.3 Å². The lowest BCUT2D eigenvalue weighted by Crippen LogP contribution is -2.38. The van der Waals surface area contributed by atoms with Gasteiger partial charge in [0.15, 0.2) is 0 Å². The van der Waals surface area contributed by atoms with Gasteiger partial charge in [0, 0.05) is 18.8 Å². The molecule has 4 heteroatoms. The van der Waals surface area contributed by atoms with E-state index >= 15 is 0 Å². The standard InChI is InChI=1S/C16H26N2O2/c1-6-11-17-12(2)13-7-9-14(10-8-13)18-15(19)16(3,4)20-5/h7-10,12,17H,6,11H2,1-5H3,(H,18,19). The van der Waals surface area contributed by atoms with Crippen molar-refractivity contribution in [2.24, 2.45) is 0 Å². The number of rotatable bonds is 7. The average Bonchev–Trinajstić information content (AvgIpc) is 2.45. The molecule has 1 amide bonds. The van der Waals surface area contributed by atoms with Gasteiger partial charge in [0.05, 0.1) is 0 Å². The monoisotopic (exact) mass is 278 g/mol. The first-order chi connectivity index (χ1) is 9.40. The minimum absolute atomic E-state index is 0.148. The molecule has 0 fully saturated rings. The van der Waals surface area contributed by atoms with Gasteiger partial charge in [-0.3, -0.25) is 4.79 Å². The highest BCUT2D eigenvalue weighted by atomic mass is 16.5. The molecule has 0 radical (unpaired) electrons. The van der Waals surface area contributed by atoms with Crippen molar-refractivity contribution in [2.75, 3.05) is 19.0 Å². The van der Waals surface area contributed by atoms with E-state index in [1.165, 1.54) is 12.7 Å². The van der Waals surface area contributed by atoms with Crippen molar-refractivity contribution in [1.82, 2.24) is 5.32 Å². The van der Waals surface area contributed by atoms with Crippen LogP contribution in [-0.2, 0) is 9.53 Å². The highest BCUT2D eigenvalue weighted by Crippen LogP contribution is 2.18. The molecule has 20 heavy (non-hydrogen) atoms. The minimum Gasteiger partial charge on any atom is -0.369 e. The normalized spacial score (nSPS) is 13.1. The van der Waals surface area contributed by atoms with E-state index in [0.717, 1.165) is 18.7 Å². The fraction of sp³-hybridized carbons (Fsp3) is 0.562. The molecule has 1 rings (SSSR count). The molecule has 4 nitrogen and oxygen atoms in total. The first kappa shape index (κ1) is 16.7. The van der Waals surface area contributed by atoms with Gasteiger partial charge in [-0.2, -0.15) is 0 Å². The van der Waals surface area contributed by atoms with Gasteiger partial charge in [-0.15, -0.1) is 0 Å². The zero-order valence-corrected chi connectivity index (χ0v) is 13.1. The van der Waals surface area contributed by atoms with E-state index < -0.39 is 5.60 Å². The van der Waals surface area contributed by atoms with Crippen LogP contribution in [0.5, 0.6) is 0 Å². The number of benzene rings is 1. The molecule has 0 aliphatic rings. The average molecular weight is 278 g/mol. The van der Waals surface area contributed by atoms with Gasteiger partial charge >= 0.3 is 0 Å². The Labute approximate surface area is 121 Å². The zero-order valence-electron chi connectivity index (χ0n) is 13.1. The third kappa shape index (κ3) is 4.62. The summed E-state index contributed by atoms with van der Waals surface area (Å²) in [6.07, 6.45) is 1.12. The number of hydrogen-bond donors (Lipinski definition) is 2. The molecule has 0 aliphatic carbocycles. The molecule has 0 spiro atoms. The Balaban J connectivity index is 2.65. The van der Waals surface area contributed by atoms with Crippen LogP contribution in [0.2, 0.25) is 0 Å². The summed E-state index contributed by atoms with van der Waals surface area (Å²) in [6.45, 7) is 8.77. The molecule has 1 unspecified atom stereocenters. The molecule has 112 valence electrons. The summed E-state index contributed by atoms with van der Waals surface area (Å²) in [5, 5.41) is 6.29. The Hall–Kier alpha value is -1.39. The Kier molecular flexibility index (Phi) is 6.17. The summed E-state index contributed by atoms with van der Waals surface area (Å²) in [4.78, 5) is 12.0. The number of carbonyl (C=O) groups is 1. The molecule has 0 heterocycles. The highest BCUT2D eigenvalue weighted by Gasteiger charge is 2.26. The number of nitrogens with one attached hydrogen (secondary N) is 2. The van der Waals surface area contributed by atoms with Gasteiger partial charge in [-0.1, -0.05) is 19.1 Å². The predicted octanol–water partition coefficient (Wildman–Crippen LogP) is 3.11. The van der Waals surface area contributed by atoms with Gasteiger partial charge in [-0.25, -0.2) is 0 Å². The first-order valence-electron chi connectivity index (χ1n) is 7.10. The summed E-state index contributed by atoms with van der Waals surface area (Å²) in [6, 6.07) is 8.22. The van der Waals surface area contributed by atoms with Crippen LogP contribution in [0.25, 0.3) is 0 Å². The van der Waals surface area contributed by atoms with Crippen LogP contribution < -0.4 is 10.6 Å². The van der Waals surface area contributed by atoms with Gasteiger partial charge in [0.25, 0.3) is 5.91 Å². The summed E-state index contributed by atoms with van der Waals surface area (Å²) in [7, 11) is 1.53. The van der Waals surface area contributed by atoms with Gasteiger partial charge in [-0.05, 0) is 51.4 Å². The van der Waals surface area contributed by atoms with Crippen LogP contribution in [0.3, 0.4) is 0 Å². The van der Waals surface area contributed by atoms with Crippen molar-refractivity contribution in [3.05, 3.63) is 29.8 Å². The van der Waals surface area contributed by atoms with Gasteiger partial charge in [0.2, 0.25) is 0 Å². The Morgan fingerprint density at radius 1 is 1.30 bits per heavy atom. The Morgan fingerprint density at radius 3 is 2.40 bits per heavy atom. The number of carbonyl (C=O) groups excluding carboxylic acids is 1. The predicted molar refractivity (Wildman–Crippen MR) is 82.9 cm³/mol. The molecule has 0 saturated carbocycles. The Bertz CT molecular complexity index is 427. The largest absolute Gasteiger partial charge is 0.369 e. The third-order valence-corrected chi connectivity index (χ3v) is 3.43. The lowest BCUT2D eigenvalue weighted by atomic mass is 10.1. The SMILES string of the molecule is CCCNC(C)c1ccc(NC(=O)C(C)(C)OC)cc1. The van der Waals surface area contributed by atoms with Crippen LogP contribution in [0.1, 0.15) is 45.7 Å². The molecule has 1 aromatic carbocycles. The summed E-state index contributed by atoms with van der Waals surface area (Å²) in [5.74, 6) is -0.148. The fourth-order valence-electron chi connectivity index (χ4n) is 1.71. The molecule has 2 N–H and O–H groups in total. The third-order valence-electron chi connectivity index (χ3n) is 3.43. The van der Waals surface area contributed by atoms with E-state index in [1.54, 1.807) is 13.8 Å². The minimum atomic E-state index is -0.825. The van der Waals surface area contributed by atoms with Crippen molar-refractivity contribution in [3.8, 4) is 0 Å². The van der Waals surface area contributed by atoms with E-state index in [-0.39, 0.29) is 5.91 Å². The second-order valence-electron chi connectivity index (χ2n) is 5.47. The molecule has 1 aromatic rings. The van der Waals surface area contributed by atoms with Crippen molar-refractivity contribution < 1.29 is 9.53 Å². The van der Waals surface area contributed by atoms with E-state index in [9.17, 15) is 4.79 Å². The highest BCUT2D eigenvalue weighted by molar-refractivity contribution is 5.96. The molecule has 0 aliphatic heterocycles. The molecule has 1 atom stereocenters. The molecular weight excluding hydrogens is 252 g/mol. The zero-order chi connectivity index (χ0) is 15.2. The van der Waals surface area contributed by atoms with Crippen LogP contribution in [0, 0.1) is 0 Å². The molecule has 0 bridgehead atoms. The second kappa shape index (κ2) is 7.41. The van der Waals surface area contributed by atoms with Crippen LogP contribution in [-0.4, -0.2) is 25.2 Å². The number of hydrogen-bond acceptors (Lipinski definition) is 3. The number of ether oxygens (including phenoxy) is 1. The van der Waals surface area contributed by atoms with Crippen molar-refractivity contribution in [3.63, 3.8) is 0 Å². The first-order valence-corrected chi connectivity index (χ1v) is 7.10. The maximum absolute atomic E-state index is 12.0. The quantitative estimate of drug-likeness (QED) is 0.805. The smallest absolute Gasteiger partial charge is 0.256 e. The topological polar surface area (TPSA) is 50.4 Å². The number of amides is 1. The van der Waals surface area contributed by atoms with E-state index in [1.807, 2.05) is 24.3 Å². The molecule has 0 saturated heterocycles. The van der Waals surface area contributed by atoms with Crippen molar-refractivity contribution in [1.29, 1.82) is 0 Å². The van der Waals surface area contributed by atoms with Crippen LogP contribution >= 0.6 is 0 Å². The lowest BCUT2D eigenvalue weighted by molar-refractivity contribution is -0.133. The van der Waals surface area contributed by atoms with Gasteiger partial charge in [0.1, 0.15) is 5.60 Å². The summed E-state index contributed by atoms with van der Waals surface area (Å²) in [5.41, 5.74) is 1.17. The van der Waals surface area contributed by atoms with Crippen LogP contribution in [0.4, 0.5) is 5.69 Å². The van der Waals surface area contributed by atoms with Gasteiger partial charge < -0.3 is 15.4 Å². The molecule has 0 aromatic heterocycles. The van der Waals surface area contributed by atoms with E-state index in [2.05, 4.69) is 24.5 Å². The second-order valence-corrected chi connectivity index (χ2v) is 5.47. The maximum Gasteiger partial charge on any atom is 0.256 e. The Morgan fingerprint density at radius 2 is 1.90 bits per heavy atom. The summed E-state index contributed by atoms with van der Waals surface area (Å²) >= 11 is 0. The van der Waals surface area contributed by atoms with Crippen molar-refractivity contribution >= 4 is 11.6 Å². The number of anilines is 1. The maximum atomic E-state index is 12.0. The van der Waals surface area contributed by atoms with E-state index in [0.29, 0.717) is 6.04 Å². The molecular formula is C16H26N2O2.